The minimum atomic E-state index is -0.541. The van der Waals surface area contributed by atoms with Gasteiger partial charge in [-0.1, -0.05) is 12.1 Å². The molecule has 3 heterocycles. The zero-order valence-corrected chi connectivity index (χ0v) is 19.2. The summed E-state index contributed by atoms with van der Waals surface area (Å²) in [5.74, 6) is 4.59. The predicted octanol–water partition coefficient (Wildman–Crippen LogP) is 4.86. The van der Waals surface area contributed by atoms with E-state index in [0.29, 0.717) is 35.2 Å². The average molecular weight is 450 g/mol. The van der Waals surface area contributed by atoms with Crippen molar-refractivity contribution in [3.05, 3.63) is 65.1 Å². The molecule has 0 saturated carbocycles. The number of fused-ring (bicyclic) bond motifs is 3. The standard InChI is InChI=1S/C25H26N2O6/c1-14-9-10-19(32-14)17-13-18-16-7-6-8-20(28-2)23(16)33-25(27(18)26-17)15-11-21(29-3)24(31-5)22(12-15)30-4/h6-12,18,25H,13H2,1-5H3. The molecule has 172 valence electrons. The Labute approximate surface area is 192 Å². The van der Waals surface area contributed by atoms with Crippen LogP contribution in [0.15, 0.2) is 52.0 Å². The van der Waals surface area contributed by atoms with Crippen molar-refractivity contribution in [2.24, 2.45) is 5.10 Å². The highest BCUT2D eigenvalue weighted by molar-refractivity contribution is 5.99. The Kier molecular flexibility index (Phi) is 5.28. The number of hydrogen-bond acceptors (Lipinski definition) is 8. The summed E-state index contributed by atoms with van der Waals surface area (Å²) in [4.78, 5) is 0. The van der Waals surface area contributed by atoms with Crippen LogP contribution in [0.3, 0.4) is 0 Å². The van der Waals surface area contributed by atoms with E-state index in [1.165, 1.54) is 0 Å². The van der Waals surface area contributed by atoms with Crippen LogP contribution in [-0.4, -0.2) is 39.2 Å². The van der Waals surface area contributed by atoms with E-state index in [9.17, 15) is 0 Å². The first-order chi connectivity index (χ1) is 16.1. The van der Waals surface area contributed by atoms with Crippen molar-refractivity contribution in [3.63, 3.8) is 0 Å². The molecule has 2 unspecified atom stereocenters. The topological polar surface area (TPSA) is 74.9 Å². The number of furan rings is 1. The van der Waals surface area contributed by atoms with E-state index >= 15 is 0 Å². The third-order valence-electron chi connectivity index (χ3n) is 6.00. The number of benzene rings is 2. The Morgan fingerprint density at radius 3 is 2.24 bits per heavy atom. The second-order valence-electron chi connectivity index (χ2n) is 7.86. The molecule has 8 nitrogen and oxygen atoms in total. The van der Waals surface area contributed by atoms with Crippen LogP contribution < -0.4 is 23.7 Å². The summed E-state index contributed by atoms with van der Waals surface area (Å²) in [6.45, 7) is 1.92. The number of para-hydroxylation sites is 1. The highest BCUT2D eigenvalue weighted by atomic mass is 16.5. The molecule has 2 aliphatic rings. The monoisotopic (exact) mass is 450 g/mol. The maximum atomic E-state index is 6.53. The second-order valence-corrected chi connectivity index (χ2v) is 7.86. The minimum Gasteiger partial charge on any atom is -0.493 e. The molecule has 8 heteroatoms. The van der Waals surface area contributed by atoms with Crippen molar-refractivity contribution >= 4 is 5.71 Å². The van der Waals surface area contributed by atoms with Crippen LogP contribution in [0.1, 0.15) is 41.3 Å². The van der Waals surface area contributed by atoms with Crippen LogP contribution in [-0.2, 0) is 0 Å². The van der Waals surface area contributed by atoms with Crippen molar-refractivity contribution < 1.29 is 28.1 Å². The molecule has 3 aromatic rings. The van der Waals surface area contributed by atoms with Crippen molar-refractivity contribution in [3.8, 4) is 28.7 Å². The third-order valence-corrected chi connectivity index (χ3v) is 6.00. The number of aryl methyl sites for hydroxylation is 1. The molecule has 0 spiro atoms. The molecule has 0 amide bonds. The maximum absolute atomic E-state index is 6.53. The van der Waals surface area contributed by atoms with E-state index in [0.717, 1.165) is 28.4 Å². The summed E-state index contributed by atoms with van der Waals surface area (Å²) >= 11 is 0. The Balaban J connectivity index is 1.65. The van der Waals surface area contributed by atoms with Gasteiger partial charge in [-0.25, -0.2) is 5.01 Å². The van der Waals surface area contributed by atoms with E-state index in [1.54, 1.807) is 28.4 Å². The number of ether oxygens (including phenoxy) is 5. The Bertz CT molecular complexity index is 1190. The molecule has 2 atom stereocenters. The van der Waals surface area contributed by atoms with Crippen LogP contribution in [0.2, 0.25) is 0 Å². The Morgan fingerprint density at radius 1 is 0.909 bits per heavy atom. The first kappa shape index (κ1) is 21.1. The summed E-state index contributed by atoms with van der Waals surface area (Å²) in [6, 6.07) is 13.5. The fourth-order valence-electron chi connectivity index (χ4n) is 4.45. The zero-order chi connectivity index (χ0) is 23.1. The number of rotatable bonds is 6. The quantitative estimate of drug-likeness (QED) is 0.531. The van der Waals surface area contributed by atoms with Gasteiger partial charge >= 0.3 is 0 Å². The first-order valence-electron chi connectivity index (χ1n) is 10.6. The summed E-state index contributed by atoms with van der Waals surface area (Å²) in [5.41, 5.74) is 2.69. The SMILES string of the molecule is COc1cc(C2Oc3c(OC)cccc3C3CC(c4ccc(C)o4)=NN32)cc(OC)c1OC. The predicted molar refractivity (Wildman–Crippen MR) is 122 cm³/mol. The number of nitrogens with zero attached hydrogens (tertiary/aromatic N) is 2. The molecule has 0 fully saturated rings. The molecule has 0 saturated heterocycles. The van der Waals surface area contributed by atoms with Crippen molar-refractivity contribution in [1.29, 1.82) is 0 Å². The molecule has 5 rings (SSSR count). The number of hydrazone groups is 1. The summed E-state index contributed by atoms with van der Waals surface area (Å²) < 4.78 is 34.7. The molecule has 2 aliphatic heterocycles. The highest BCUT2D eigenvalue weighted by Gasteiger charge is 2.43. The van der Waals surface area contributed by atoms with Gasteiger partial charge in [-0.2, -0.15) is 5.10 Å². The molecule has 0 N–H and O–H groups in total. The van der Waals surface area contributed by atoms with Crippen LogP contribution in [0.5, 0.6) is 28.7 Å². The lowest BCUT2D eigenvalue weighted by Crippen LogP contribution is -2.34. The molecule has 1 aromatic heterocycles. The van der Waals surface area contributed by atoms with Crippen molar-refractivity contribution in [2.75, 3.05) is 28.4 Å². The summed E-state index contributed by atoms with van der Waals surface area (Å²) in [7, 11) is 6.41. The molecule has 0 aliphatic carbocycles. The fourth-order valence-corrected chi connectivity index (χ4v) is 4.45. The largest absolute Gasteiger partial charge is 0.493 e. The van der Waals surface area contributed by atoms with Gasteiger partial charge in [0.05, 0.1) is 34.5 Å². The van der Waals surface area contributed by atoms with Gasteiger partial charge < -0.3 is 28.1 Å². The van der Waals surface area contributed by atoms with Gasteiger partial charge in [0.15, 0.2) is 23.0 Å². The van der Waals surface area contributed by atoms with Gasteiger partial charge in [-0.05, 0) is 37.3 Å². The lowest BCUT2D eigenvalue weighted by Gasteiger charge is -2.38. The van der Waals surface area contributed by atoms with E-state index in [4.69, 9.17) is 33.2 Å². The summed E-state index contributed by atoms with van der Waals surface area (Å²) in [6.07, 6.45) is 0.137. The third kappa shape index (κ3) is 3.42. The van der Waals surface area contributed by atoms with Crippen LogP contribution >= 0.6 is 0 Å². The van der Waals surface area contributed by atoms with Crippen LogP contribution in [0.25, 0.3) is 0 Å². The molecule has 2 aromatic carbocycles. The van der Waals surface area contributed by atoms with Gasteiger partial charge in [0.25, 0.3) is 0 Å². The first-order valence-corrected chi connectivity index (χ1v) is 10.6. The smallest absolute Gasteiger partial charge is 0.214 e. The van der Waals surface area contributed by atoms with E-state index in [1.807, 2.05) is 54.4 Å². The van der Waals surface area contributed by atoms with Gasteiger partial charge in [0, 0.05) is 17.5 Å². The normalized spacial score (nSPS) is 18.7. The van der Waals surface area contributed by atoms with Gasteiger partial charge in [-0.15, -0.1) is 0 Å². The van der Waals surface area contributed by atoms with Gasteiger partial charge in [0.1, 0.15) is 17.2 Å². The molecule has 0 bridgehead atoms. The molecular formula is C25H26N2O6. The second kappa shape index (κ2) is 8.27. The van der Waals surface area contributed by atoms with Crippen LogP contribution in [0, 0.1) is 6.92 Å². The lowest BCUT2D eigenvalue weighted by atomic mass is 9.97. The molecule has 0 radical (unpaired) electrons. The Hall–Kier alpha value is -3.81. The fraction of sp³-hybridized carbons (Fsp3) is 0.320. The molecular weight excluding hydrogens is 424 g/mol. The van der Waals surface area contributed by atoms with Gasteiger partial charge in [0.2, 0.25) is 12.0 Å². The highest BCUT2D eigenvalue weighted by Crippen LogP contribution is 2.52. The van der Waals surface area contributed by atoms with Crippen molar-refractivity contribution in [2.45, 2.75) is 25.6 Å². The number of methoxy groups -OCH3 is 4. The van der Waals surface area contributed by atoms with Crippen LogP contribution in [0.4, 0.5) is 0 Å². The number of hydrogen-bond donors (Lipinski definition) is 0. The average Bonchev–Trinajstić information content (AvgIpc) is 3.48. The van der Waals surface area contributed by atoms with Gasteiger partial charge in [-0.3, -0.25) is 0 Å². The lowest BCUT2D eigenvalue weighted by molar-refractivity contribution is -0.0211. The summed E-state index contributed by atoms with van der Waals surface area (Å²) in [5, 5.41) is 6.90. The van der Waals surface area contributed by atoms with E-state index in [2.05, 4.69) is 0 Å². The zero-order valence-electron chi connectivity index (χ0n) is 19.2. The van der Waals surface area contributed by atoms with Crippen molar-refractivity contribution in [1.82, 2.24) is 5.01 Å². The Morgan fingerprint density at radius 2 is 1.64 bits per heavy atom. The van der Waals surface area contributed by atoms with E-state index in [-0.39, 0.29) is 6.04 Å². The molecule has 33 heavy (non-hydrogen) atoms. The van der Waals surface area contributed by atoms with E-state index < -0.39 is 6.23 Å². The minimum absolute atomic E-state index is 0.0478. The maximum Gasteiger partial charge on any atom is 0.214 e.